The van der Waals surface area contributed by atoms with Gasteiger partial charge >= 0.3 is 0 Å². The summed E-state index contributed by atoms with van der Waals surface area (Å²) in [6, 6.07) is 8.17. The van der Waals surface area contributed by atoms with Crippen LogP contribution in [0.4, 0.5) is 0 Å². The zero-order valence-corrected chi connectivity index (χ0v) is 12.8. The highest BCUT2D eigenvalue weighted by Gasteiger charge is 2.28. The maximum Gasteiger partial charge on any atom is 0.131 e. The van der Waals surface area contributed by atoms with E-state index in [0.717, 1.165) is 22.3 Å². The summed E-state index contributed by atoms with van der Waals surface area (Å²) in [6.45, 7) is 7.87. The van der Waals surface area contributed by atoms with Gasteiger partial charge < -0.3 is 10.1 Å². The van der Waals surface area contributed by atoms with Gasteiger partial charge in [0.2, 0.25) is 0 Å². The fourth-order valence-corrected chi connectivity index (χ4v) is 3.07. The molecule has 1 atom stereocenters. The minimum absolute atomic E-state index is 0.0922. The highest BCUT2D eigenvalue weighted by atomic mass is 32.1. The zero-order chi connectivity index (χ0) is 14.2. The van der Waals surface area contributed by atoms with E-state index in [0.29, 0.717) is 6.61 Å². The monoisotopic (exact) mass is 289 g/mol. The van der Waals surface area contributed by atoms with Crippen molar-refractivity contribution in [2.75, 3.05) is 6.61 Å². The molecule has 3 rings (SSSR count). The Bertz CT molecular complexity index is 603. The number of nitrogens with zero attached hydrogens (tertiary/aromatic N) is 2. The zero-order valence-electron chi connectivity index (χ0n) is 12.0. The average molecular weight is 289 g/mol. The highest BCUT2D eigenvalue weighted by Crippen LogP contribution is 2.38. The van der Waals surface area contributed by atoms with Crippen molar-refractivity contribution in [1.82, 2.24) is 15.5 Å². The molecule has 0 fully saturated rings. The Labute approximate surface area is 123 Å². The van der Waals surface area contributed by atoms with Crippen LogP contribution in [0.2, 0.25) is 0 Å². The molecule has 0 saturated carbocycles. The second-order valence-electron chi connectivity index (χ2n) is 6.04. The third kappa shape index (κ3) is 2.83. The molecular weight excluding hydrogens is 270 g/mol. The van der Waals surface area contributed by atoms with Gasteiger partial charge in [0.15, 0.2) is 0 Å². The summed E-state index contributed by atoms with van der Waals surface area (Å²) in [5, 5.41) is 14.1. The molecule has 0 radical (unpaired) electrons. The standard InChI is InChI=1S/C15H19N3OS/c1-15(2,3)16-8-13-17-18-14(20-13)11-9-19-12-7-5-4-6-10(11)12/h4-7,11,16H,8-9H2,1-3H3. The second kappa shape index (κ2) is 5.14. The lowest BCUT2D eigenvalue weighted by Crippen LogP contribution is -2.35. The smallest absolute Gasteiger partial charge is 0.131 e. The van der Waals surface area contributed by atoms with Crippen molar-refractivity contribution < 1.29 is 4.74 Å². The van der Waals surface area contributed by atoms with Gasteiger partial charge in [-0.3, -0.25) is 0 Å². The first-order valence-electron chi connectivity index (χ1n) is 6.82. The number of para-hydroxylation sites is 1. The fourth-order valence-electron chi connectivity index (χ4n) is 2.19. The Morgan fingerprint density at radius 3 is 2.90 bits per heavy atom. The summed E-state index contributed by atoms with van der Waals surface area (Å²) >= 11 is 1.67. The SMILES string of the molecule is CC(C)(C)NCc1nnc(C2COc3ccccc32)s1. The number of hydrogen-bond donors (Lipinski definition) is 1. The van der Waals surface area contributed by atoms with E-state index in [4.69, 9.17) is 4.74 Å². The van der Waals surface area contributed by atoms with E-state index in [-0.39, 0.29) is 11.5 Å². The molecule has 0 aliphatic carbocycles. The van der Waals surface area contributed by atoms with Gasteiger partial charge in [0.25, 0.3) is 0 Å². The quantitative estimate of drug-likeness (QED) is 0.943. The van der Waals surface area contributed by atoms with Gasteiger partial charge in [0.1, 0.15) is 22.4 Å². The molecule has 0 bridgehead atoms. The van der Waals surface area contributed by atoms with Crippen LogP contribution >= 0.6 is 11.3 Å². The first kappa shape index (κ1) is 13.5. The van der Waals surface area contributed by atoms with Crippen LogP contribution in [0.5, 0.6) is 5.75 Å². The third-order valence-electron chi connectivity index (χ3n) is 3.25. The number of hydrogen-bond acceptors (Lipinski definition) is 5. The van der Waals surface area contributed by atoms with Crippen LogP contribution in [-0.4, -0.2) is 22.3 Å². The van der Waals surface area contributed by atoms with Crippen molar-refractivity contribution in [3.05, 3.63) is 39.8 Å². The summed E-state index contributed by atoms with van der Waals surface area (Å²) in [5.74, 6) is 1.20. The predicted molar refractivity (Wildman–Crippen MR) is 80.3 cm³/mol. The first-order chi connectivity index (χ1) is 9.53. The largest absolute Gasteiger partial charge is 0.492 e. The molecule has 1 aliphatic rings. The van der Waals surface area contributed by atoms with Gasteiger partial charge in [0, 0.05) is 11.1 Å². The molecule has 5 heteroatoms. The van der Waals surface area contributed by atoms with E-state index >= 15 is 0 Å². The molecule has 1 unspecified atom stereocenters. The van der Waals surface area contributed by atoms with E-state index in [9.17, 15) is 0 Å². The number of fused-ring (bicyclic) bond motifs is 1. The van der Waals surface area contributed by atoms with Gasteiger partial charge in [-0.1, -0.05) is 29.5 Å². The van der Waals surface area contributed by atoms with E-state index in [1.54, 1.807) is 11.3 Å². The maximum absolute atomic E-state index is 5.71. The van der Waals surface area contributed by atoms with Crippen LogP contribution in [0.15, 0.2) is 24.3 Å². The molecule has 106 valence electrons. The first-order valence-corrected chi connectivity index (χ1v) is 7.63. The van der Waals surface area contributed by atoms with Crippen LogP contribution in [0.25, 0.3) is 0 Å². The van der Waals surface area contributed by atoms with E-state index in [1.165, 1.54) is 5.56 Å². The molecule has 4 nitrogen and oxygen atoms in total. The number of aromatic nitrogens is 2. The van der Waals surface area contributed by atoms with Crippen LogP contribution in [0.3, 0.4) is 0 Å². The molecule has 2 heterocycles. The van der Waals surface area contributed by atoms with Crippen molar-refractivity contribution in [2.24, 2.45) is 0 Å². The fraction of sp³-hybridized carbons (Fsp3) is 0.467. The van der Waals surface area contributed by atoms with E-state index in [1.807, 2.05) is 18.2 Å². The molecule has 1 aromatic carbocycles. The van der Waals surface area contributed by atoms with E-state index < -0.39 is 0 Å². The average Bonchev–Trinajstić information content (AvgIpc) is 3.01. The minimum atomic E-state index is 0.0922. The van der Waals surface area contributed by atoms with Gasteiger partial charge in [-0.05, 0) is 26.8 Å². The molecule has 1 aliphatic heterocycles. The lowest BCUT2D eigenvalue weighted by atomic mass is 10.0. The molecule has 2 aromatic rings. The Balaban J connectivity index is 1.75. The Morgan fingerprint density at radius 2 is 2.10 bits per heavy atom. The minimum Gasteiger partial charge on any atom is -0.492 e. The van der Waals surface area contributed by atoms with Crippen molar-refractivity contribution in [2.45, 2.75) is 38.8 Å². The Kier molecular flexibility index (Phi) is 3.48. The predicted octanol–water partition coefficient (Wildman–Crippen LogP) is 2.95. The Morgan fingerprint density at radius 1 is 1.30 bits per heavy atom. The Hall–Kier alpha value is -1.46. The topological polar surface area (TPSA) is 47.0 Å². The summed E-state index contributed by atoms with van der Waals surface area (Å²) in [6.07, 6.45) is 0. The van der Waals surface area contributed by atoms with Crippen molar-refractivity contribution in [1.29, 1.82) is 0 Å². The van der Waals surface area contributed by atoms with Gasteiger partial charge in [-0.2, -0.15) is 0 Å². The number of rotatable bonds is 3. The number of nitrogens with one attached hydrogen (secondary N) is 1. The van der Waals surface area contributed by atoms with Crippen molar-refractivity contribution >= 4 is 11.3 Å². The van der Waals surface area contributed by atoms with Crippen LogP contribution < -0.4 is 10.1 Å². The van der Waals surface area contributed by atoms with Gasteiger partial charge in [-0.15, -0.1) is 10.2 Å². The third-order valence-corrected chi connectivity index (χ3v) is 4.29. The molecular formula is C15H19N3OS. The molecule has 0 saturated heterocycles. The molecule has 20 heavy (non-hydrogen) atoms. The molecule has 1 N–H and O–H groups in total. The van der Waals surface area contributed by atoms with Crippen molar-refractivity contribution in [3.63, 3.8) is 0 Å². The number of benzene rings is 1. The second-order valence-corrected chi connectivity index (χ2v) is 7.13. The van der Waals surface area contributed by atoms with Gasteiger partial charge in [0.05, 0.1) is 12.5 Å². The van der Waals surface area contributed by atoms with Gasteiger partial charge in [-0.25, -0.2) is 0 Å². The number of ether oxygens (including phenoxy) is 1. The molecule has 0 spiro atoms. The molecule has 0 amide bonds. The lowest BCUT2D eigenvalue weighted by molar-refractivity contribution is 0.342. The van der Waals surface area contributed by atoms with Crippen LogP contribution in [-0.2, 0) is 6.54 Å². The highest BCUT2D eigenvalue weighted by molar-refractivity contribution is 7.11. The maximum atomic E-state index is 5.71. The lowest BCUT2D eigenvalue weighted by Gasteiger charge is -2.19. The van der Waals surface area contributed by atoms with E-state index in [2.05, 4.69) is 42.4 Å². The summed E-state index contributed by atoms with van der Waals surface area (Å²) in [7, 11) is 0. The summed E-state index contributed by atoms with van der Waals surface area (Å²) in [4.78, 5) is 0. The summed E-state index contributed by atoms with van der Waals surface area (Å²) < 4.78 is 5.71. The normalized spacial score (nSPS) is 17.9. The summed E-state index contributed by atoms with van der Waals surface area (Å²) in [5.41, 5.74) is 1.31. The van der Waals surface area contributed by atoms with Crippen LogP contribution in [0.1, 0.15) is 42.3 Å². The van der Waals surface area contributed by atoms with Crippen LogP contribution in [0, 0.1) is 0 Å². The van der Waals surface area contributed by atoms with Crippen molar-refractivity contribution in [3.8, 4) is 5.75 Å². The molecule has 1 aromatic heterocycles.